The van der Waals surface area contributed by atoms with Crippen molar-refractivity contribution in [2.45, 2.75) is 6.43 Å². The van der Waals surface area contributed by atoms with Crippen molar-refractivity contribution in [3.05, 3.63) is 27.4 Å². The molecule has 16 heavy (non-hydrogen) atoms. The summed E-state index contributed by atoms with van der Waals surface area (Å²) in [5.41, 5.74) is -1.91. The predicted octanol–water partition coefficient (Wildman–Crippen LogP) is 2.01. The van der Waals surface area contributed by atoms with Crippen LogP contribution in [-0.4, -0.2) is 20.3 Å². The molecule has 1 rings (SSSR count). The lowest BCUT2D eigenvalue weighted by atomic mass is 10.2. The van der Waals surface area contributed by atoms with Crippen LogP contribution in [0.15, 0.2) is 6.07 Å². The molecule has 0 unspecified atom stereocenters. The van der Waals surface area contributed by atoms with Crippen molar-refractivity contribution in [3.63, 3.8) is 0 Å². The van der Waals surface area contributed by atoms with Crippen LogP contribution in [0.2, 0.25) is 0 Å². The van der Waals surface area contributed by atoms with Gasteiger partial charge in [0.15, 0.2) is 5.75 Å². The van der Waals surface area contributed by atoms with Crippen molar-refractivity contribution in [1.29, 1.82) is 0 Å². The number of nitro groups is 1. The van der Waals surface area contributed by atoms with Crippen molar-refractivity contribution < 1.29 is 23.6 Å². The number of hydrogen-bond acceptors (Lipinski definition) is 5. The van der Waals surface area contributed by atoms with Gasteiger partial charge in [-0.3, -0.25) is 4.79 Å². The number of aromatic hydroxyl groups is 1. The Hall–Kier alpha value is -1.83. The molecule has 9 heteroatoms. The Morgan fingerprint density at radius 2 is 2.19 bits per heavy atom. The van der Waals surface area contributed by atoms with Crippen molar-refractivity contribution >= 4 is 22.7 Å². The molecule has 0 saturated heterocycles. The van der Waals surface area contributed by atoms with E-state index in [1.165, 1.54) is 0 Å². The van der Waals surface area contributed by atoms with Crippen LogP contribution in [-0.2, 0) is 0 Å². The number of rotatable bonds is 3. The van der Waals surface area contributed by atoms with Gasteiger partial charge in [-0.2, -0.15) is 0 Å². The number of alkyl halides is 2. The molecule has 0 bridgehead atoms. The fourth-order valence-electron chi connectivity index (χ4n) is 0.959. The van der Waals surface area contributed by atoms with Gasteiger partial charge in [0.05, 0.1) is 0 Å². The van der Waals surface area contributed by atoms with E-state index < -0.39 is 39.4 Å². The number of aromatic nitrogens is 1. The van der Waals surface area contributed by atoms with Crippen molar-refractivity contribution in [2.75, 3.05) is 0 Å². The largest absolute Gasteiger partial charge is 0.504 e. The average molecular weight is 253 g/mol. The molecule has 0 aliphatic heterocycles. The molecule has 86 valence electrons. The average Bonchev–Trinajstić information content (AvgIpc) is 2.15. The van der Waals surface area contributed by atoms with Crippen LogP contribution >= 0.6 is 11.6 Å². The van der Waals surface area contributed by atoms with Gasteiger partial charge in [-0.15, -0.1) is 0 Å². The first-order valence-electron chi connectivity index (χ1n) is 3.71. The van der Waals surface area contributed by atoms with Gasteiger partial charge in [0.25, 0.3) is 17.4 Å². The van der Waals surface area contributed by atoms with Gasteiger partial charge in [0.1, 0.15) is 5.56 Å². The summed E-state index contributed by atoms with van der Waals surface area (Å²) in [6.07, 6.45) is -3.20. The summed E-state index contributed by atoms with van der Waals surface area (Å²) in [7, 11) is 0. The summed E-state index contributed by atoms with van der Waals surface area (Å²) in [6, 6.07) is 0.394. The first-order chi connectivity index (χ1) is 7.34. The highest BCUT2D eigenvalue weighted by atomic mass is 35.5. The second-order valence-corrected chi connectivity index (χ2v) is 2.94. The number of carbonyl (C=O) groups is 1. The first kappa shape index (κ1) is 12.2. The second kappa shape index (κ2) is 4.35. The minimum absolute atomic E-state index is 0.394. The van der Waals surface area contributed by atoms with E-state index in [1.807, 2.05) is 0 Å². The van der Waals surface area contributed by atoms with E-state index in [2.05, 4.69) is 4.98 Å². The normalized spacial score (nSPS) is 10.5. The molecular formula is C7H3ClF2N2O4. The number of hydrogen-bond donors (Lipinski definition) is 1. The van der Waals surface area contributed by atoms with Crippen molar-refractivity contribution in [1.82, 2.24) is 4.98 Å². The van der Waals surface area contributed by atoms with Crippen molar-refractivity contribution in [2.24, 2.45) is 0 Å². The molecule has 1 aromatic rings. The molecule has 1 heterocycles. The summed E-state index contributed by atoms with van der Waals surface area (Å²) in [6.45, 7) is 0. The third kappa shape index (κ3) is 2.22. The molecular weight excluding hydrogens is 250 g/mol. The number of pyridine rings is 1. The lowest BCUT2D eigenvalue weighted by Gasteiger charge is -2.02. The molecule has 0 radical (unpaired) electrons. The zero-order valence-electron chi connectivity index (χ0n) is 7.35. The molecule has 0 aliphatic carbocycles. The first-order valence-corrected chi connectivity index (χ1v) is 4.08. The van der Waals surface area contributed by atoms with Crippen LogP contribution in [0.3, 0.4) is 0 Å². The van der Waals surface area contributed by atoms with E-state index in [1.54, 1.807) is 0 Å². The Bertz CT molecular complexity index is 466. The lowest BCUT2D eigenvalue weighted by Crippen LogP contribution is -2.04. The van der Waals surface area contributed by atoms with Gasteiger partial charge in [-0.1, -0.05) is 0 Å². The van der Waals surface area contributed by atoms with E-state index in [-0.39, 0.29) is 0 Å². The monoisotopic (exact) mass is 252 g/mol. The van der Waals surface area contributed by atoms with Gasteiger partial charge < -0.3 is 15.2 Å². The highest BCUT2D eigenvalue weighted by Crippen LogP contribution is 2.32. The Balaban J connectivity index is 3.49. The SMILES string of the molecule is O=C(Cl)c1nc([N+](=O)[O-])c(C(F)F)cc1O. The van der Waals surface area contributed by atoms with Gasteiger partial charge >= 0.3 is 5.82 Å². The Morgan fingerprint density at radius 3 is 2.56 bits per heavy atom. The number of halogens is 3. The minimum Gasteiger partial charge on any atom is -0.504 e. The molecule has 0 spiro atoms. The van der Waals surface area contributed by atoms with Gasteiger partial charge in [0.2, 0.25) is 0 Å². The molecule has 1 N–H and O–H groups in total. The molecule has 0 saturated carbocycles. The third-order valence-electron chi connectivity index (χ3n) is 1.60. The van der Waals surface area contributed by atoms with Crippen LogP contribution in [0.1, 0.15) is 22.5 Å². The Kier molecular flexibility index (Phi) is 3.33. The molecule has 1 aromatic heterocycles. The standard InChI is InChI=1S/C7H3ClF2N2O4/c8-5(14)4-3(13)1-2(6(9)10)7(11-4)12(15)16/h1,6,13H. The molecule has 0 atom stereocenters. The smallest absolute Gasteiger partial charge is 0.373 e. The van der Waals surface area contributed by atoms with E-state index in [4.69, 9.17) is 16.7 Å². The molecule has 0 aromatic carbocycles. The van der Waals surface area contributed by atoms with Gasteiger partial charge in [0, 0.05) is 6.07 Å². The quantitative estimate of drug-likeness (QED) is 0.504. The maximum Gasteiger partial charge on any atom is 0.373 e. The second-order valence-electron chi connectivity index (χ2n) is 2.60. The van der Waals surface area contributed by atoms with Crippen LogP contribution < -0.4 is 0 Å². The third-order valence-corrected chi connectivity index (χ3v) is 1.78. The highest BCUT2D eigenvalue weighted by Gasteiger charge is 2.29. The van der Waals surface area contributed by atoms with E-state index in [9.17, 15) is 23.7 Å². The van der Waals surface area contributed by atoms with E-state index in [0.717, 1.165) is 0 Å². The van der Waals surface area contributed by atoms with Crippen molar-refractivity contribution in [3.8, 4) is 5.75 Å². The summed E-state index contributed by atoms with van der Waals surface area (Å²) >= 11 is 4.95. The fraction of sp³-hybridized carbons (Fsp3) is 0.143. The van der Waals surface area contributed by atoms with Crippen LogP contribution in [0.4, 0.5) is 14.6 Å². The summed E-state index contributed by atoms with van der Waals surface area (Å²) < 4.78 is 24.7. The zero-order valence-corrected chi connectivity index (χ0v) is 8.11. The summed E-state index contributed by atoms with van der Waals surface area (Å²) in [5, 5.41) is 18.2. The van der Waals surface area contributed by atoms with E-state index >= 15 is 0 Å². The Morgan fingerprint density at radius 1 is 1.62 bits per heavy atom. The maximum atomic E-state index is 12.3. The summed E-state index contributed by atoms with van der Waals surface area (Å²) in [5.74, 6) is -2.14. The van der Waals surface area contributed by atoms with Crippen LogP contribution in [0.25, 0.3) is 0 Å². The van der Waals surface area contributed by atoms with E-state index in [0.29, 0.717) is 6.07 Å². The highest BCUT2D eigenvalue weighted by molar-refractivity contribution is 6.67. The molecule has 0 fully saturated rings. The van der Waals surface area contributed by atoms with Gasteiger partial charge in [-0.05, 0) is 21.5 Å². The van der Waals surface area contributed by atoms with Crippen LogP contribution in [0.5, 0.6) is 5.75 Å². The fourth-order valence-corrected chi connectivity index (χ4v) is 1.10. The van der Waals surface area contributed by atoms with Crippen LogP contribution in [0, 0.1) is 10.1 Å². The summed E-state index contributed by atoms with van der Waals surface area (Å²) in [4.78, 5) is 22.8. The number of carbonyl (C=O) groups excluding carboxylic acids is 1. The number of nitrogens with zero attached hydrogens (tertiary/aromatic N) is 2. The Labute approximate surface area is 91.6 Å². The lowest BCUT2D eigenvalue weighted by molar-refractivity contribution is -0.391. The topological polar surface area (TPSA) is 93.3 Å². The predicted molar refractivity (Wildman–Crippen MR) is 47.7 cm³/mol. The van der Waals surface area contributed by atoms with Gasteiger partial charge in [-0.25, -0.2) is 8.78 Å². The minimum atomic E-state index is -3.20. The molecule has 0 amide bonds. The zero-order chi connectivity index (χ0) is 12.5. The molecule has 6 nitrogen and oxygen atoms in total. The molecule has 0 aliphatic rings. The maximum absolute atomic E-state index is 12.3.